The Morgan fingerprint density at radius 1 is 1.44 bits per heavy atom. The number of aliphatic hydroxyl groups excluding tert-OH is 1. The first-order valence-corrected chi connectivity index (χ1v) is 6.93. The average molecular weight is 273 g/mol. The van der Waals surface area contributed by atoms with Gasteiger partial charge in [-0.1, -0.05) is 12.1 Å². The van der Waals surface area contributed by atoms with Crippen LogP contribution in [0.25, 0.3) is 0 Å². The van der Waals surface area contributed by atoms with Gasteiger partial charge in [0, 0.05) is 23.1 Å². The van der Waals surface area contributed by atoms with Crippen molar-refractivity contribution in [3.8, 4) is 0 Å². The van der Waals surface area contributed by atoms with Crippen LogP contribution in [-0.2, 0) is 22.1 Å². The second-order valence-corrected chi connectivity index (χ2v) is 5.67. The Morgan fingerprint density at radius 3 is 2.61 bits per heavy atom. The highest BCUT2D eigenvalue weighted by Crippen LogP contribution is 2.03. The van der Waals surface area contributed by atoms with Gasteiger partial charge in [-0.25, -0.2) is 4.39 Å². The third kappa shape index (κ3) is 4.54. The molecule has 0 aliphatic rings. The molecule has 0 aliphatic carbocycles. The minimum atomic E-state index is -1.38. The molecule has 1 aromatic carbocycles. The van der Waals surface area contributed by atoms with E-state index in [2.05, 4.69) is 5.32 Å². The molecule has 6 heteroatoms. The van der Waals surface area contributed by atoms with E-state index >= 15 is 0 Å². The van der Waals surface area contributed by atoms with Crippen molar-refractivity contribution >= 4 is 16.7 Å². The van der Waals surface area contributed by atoms with E-state index in [-0.39, 0.29) is 30.6 Å². The van der Waals surface area contributed by atoms with E-state index in [0.29, 0.717) is 0 Å². The van der Waals surface area contributed by atoms with Crippen molar-refractivity contribution in [3.63, 3.8) is 0 Å². The largest absolute Gasteiger partial charge is 0.395 e. The molecule has 0 radical (unpaired) electrons. The van der Waals surface area contributed by atoms with Gasteiger partial charge in [-0.15, -0.1) is 0 Å². The number of nitrogens with one attached hydrogen (secondary N) is 1. The van der Waals surface area contributed by atoms with Gasteiger partial charge in [-0.05, 0) is 24.6 Å². The van der Waals surface area contributed by atoms with Gasteiger partial charge in [0.05, 0.1) is 6.61 Å². The summed E-state index contributed by atoms with van der Waals surface area (Å²) >= 11 is 0. The lowest BCUT2D eigenvalue weighted by molar-refractivity contribution is -0.120. The molecule has 0 fully saturated rings. The van der Waals surface area contributed by atoms with Crippen LogP contribution >= 0.6 is 0 Å². The minimum absolute atomic E-state index is 0.0884. The molecule has 1 amide bonds. The van der Waals surface area contributed by atoms with Gasteiger partial charge in [0.2, 0.25) is 5.91 Å². The first kappa shape index (κ1) is 14.8. The molecule has 2 unspecified atom stereocenters. The summed E-state index contributed by atoms with van der Waals surface area (Å²) in [5, 5.41) is 10.6. The number of carbonyl (C=O) groups is 1. The van der Waals surface area contributed by atoms with E-state index in [1.165, 1.54) is 12.1 Å². The van der Waals surface area contributed by atoms with E-state index in [9.17, 15) is 13.4 Å². The zero-order chi connectivity index (χ0) is 13.5. The highest BCUT2D eigenvalue weighted by Gasteiger charge is 2.18. The van der Waals surface area contributed by atoms with Crippen molar-refractivity contribution in [2.75, 3.05) is 12.4 Å². The second-order valence-electron chi connectivity index (χ2n) is 3.79. The number of hydrogen-bond acceptors (Lipinski definition) is 3. The minimum Gasteiger partial charge on any atom is -0.395 e. The molecule has 4 nitrogen and oxygen atoms in total. The summed E-state index contributed by atoms with van der Waals surface area (Å²) < 4.78 is 24.1. The highest BCUT2D eigenvalue weighted by atomic mass is 32.2. The molecular weight excluding hydrogens is 257 g/mol. The number of benzene rings is 1. The van der Waals surface area contributed by atoms with Crippen LogP contribution in [0.15, 0.2) is 24.3 Å². The molecule has 2 N–H and O–H groups in total. The van der Waals surface area contributed by atoms with Crippen molar-refractivity contribution in [3.05, 3.63) is 35.6 Å². The Kier molecular flexibility index (Phi) is 5.94. The van der Waals surface area contributed by atoms with Crippen LogP contribution in [-0.4, -0.2) is 32.8 Å². The maximum absolute atomic E-state index is 12.7. The number of amides is 1. The smallest absolute Gasteiger partial charge is 0.235 e. The first-order chi connectivity index (χ1) is 8.54. The zero-order valence-electron chi connectivity index (χ0n) is 10.1. The molecule has 1 aromatic rings. The van der Waals surface area contributed by atoms with Crippen LogP contribution in [0, 0.1) is 5.82 Å². The molecule has 0 saturated carbocycles. The van der Waals surface area contributed by atoms with Crippen molar-refractivity contribution in [1.82, 2.24) is 5.32 Å². The lowest BCUT2D eigenvalue weighted by Crippen LogP contribution is -2.36. The van der Waals surface area contributed by atoms with E-state index < -0.39 is 16.0 Å². The molecule has 2 atom stereocenters. The summed E-state index contributed by atoms with van der Waals surface area (Å²) in [6, 6.07) is 5.78. The molecule has 100 valence electrons. The number of hydrogen-bond donors (Lipinski definition) is 2. The quantitative estimate of drug-likeness (QED) is 0.796. The van der Waals surface area contributed by atoms with Gasteiger partial charge in [-0.3, -0.25) is 9.00 Å². The van der Waals surface area contributed by atoms with Gasteiger partial charge < -0.3 is 10.4 Å². The normalized spacial score (nSPS) is 13.9. The monoisotopic (exact) mass is 273 g/mol. The maximum atomic E-state index is 12.7. The Balaban J connectivity index is 2.45. The number of halogens is 1. The van der Waals surface area contributed by atoms with Crippen LogP contribution in [0.3, 0.4) is 0 Å². The molecule has 0 spiro atoms. The number of aliphatic hydroxyl groups is 1. The third-order valence-electron chi connectivity index (χ3n) is 2.44. The first-order valence-electron chi connectivity index (χ1n) is 5.54. The molecule has 0 bridgehead atoms. The van der Waals surface area contributed by atoms with Gasteiger partial charge >= 0.3 is 0 Å². The summed E-state index contributed by atoms with van der Waals surface area (Å²) in [5.41, 5.74) is 0.768. The van der Waals surface area contributed by atoms with Crippen LogP contribution < -0.4 is 5.32 Å². The molecule has 0 saturated heterocycles. The third-order valence-corrected chi connectivity index (χ3v) is 4.02. The van der Waals surface area contributed by atoms with E-state index in [1.54, 1.807) is 19.1 Å². The number of carbonyl (C=O) groups excluding carboxylic acids is 1. The van der Waals surface area contributed by atoms with Crippen molar-refractivity contribution in [2.24, 2.45) is 0 Å². The average Bonchev–Trinajstić information content (AvgIpc) is 2.37. The van der Waals surface area contributed by atoms with E-state index in [1.807, 2.05) is 0 Å². The van der Waals surface area contributed by atoms with Crippen molar-refractivity contribution in [2.45, 2.75) is 18.7 Å². The van der Waals surface area contributed by atoms with E-state index in [0.717, 1.165) is 5.56 Å². The summed E-state index contributed by atoms with van der Waals surface area (Å²) in [7, 11) is -1.38. The lowest BCUT2D eigenvalue weighted by Gasteiger charge is -2.11. The summed E-state index contributed by atoms with van der Waals surface area (Å²) in [6.45, 7) is 1.60. The lowest BCUT2D eigenvalue weighted by atomic mass is 10.2. The maximum Gasteiger partial charge on any atom is 0.235 e. The fourth-order valence-corrected chi connectivity index (χ4v) is 2.18. The molecule has 18 heavy (non-hydrogen) atoms. The van der Waals surface area contributed by atoms with Gasteiger partial charge in [0.1, 0.15) is 11.1 Å². The highest BCUT2D eigenvalue weighted by molar-refractivity contribution is 7.86. The van der Waals surface area contributed by atoms with E-state index in [4.69, 9.17) is 5.11 Å². The fraction of sp³-hybridized carbons (Fsp3) is 0.417. The molecule has 0 aliphatic heterocycles. The van der Waals surface area contributed by atoms with Gasteiger partial charge in [0.15, 0.2) is 0 Å². The predicted molar refractivity (Wildman–Crippen MR) is 67.8 cm³/mol. The topological polar surface area (TPSA) is 66.4 Å². The molecule has 0 aromatic heterocycles. The van der Waals surface area contributed by atoms with Crippen molar-refractivity contribution in [1.29, 1.82) is 0 Å². The summed E-state index contributed by atoms with van der Waals surface area (Å²) in [6.07, 6.45) is 0. The zero-order valence-corrected chi connectivity index (χ0v) is 10.9. The Bertz CT molecular complexity index is 422. The second kappa shape index (κ2) is 7.23. The number of rotatable bonds is 6. The standard InChI is InChI=1S/C12H16FNO3S/c1-9(18(17)7-6-15)12(16)14-8-10-2-4-11(13)5-3-10/h2-5,9,15H,6-8H2,1H3,(H,14,16). The molecule has 1 rings (SSSR count). The summed E-state index contributed by atoms with van der Waals surface area (Å²) in [4.78, 5) is 11.6. The fourth-order valence-electron chi connectivity index (χ4n) is 1.32. The Morgan fingerprint density at radius 2 is 2.06 bits per heavy atom. The Hall–Kier alpha value is -1.27. The van der Waals surface area contributed by atoms with Gasteiger partial charge in [0.25, 0.3) is 0 Å². The molecule has 0 heterocycles. The van der Waals surface area contributed by atoms with Crippen LogP contribution in [0.4, 0.5) is 4.39 Å². The van der Waals surface area contributed by atoms with Crippen LogP contribution in [0.2, 0.25) is 0 Å². The van der Waals surface area contributed by atoms with Crippen molar-refractivity contribution < 1.29 is 18.5 Å². The predicted octanol–water partition coefficient (Wildman–Crippen LogP) is 0.571. The Labute approximate surface area is 108 Å². The molecular formula is C12H16FNO3S. The summed E-state index contributed by atoms with van der Waals surface area (Å²) in [5.74, 6) is -0.584. The van der Waals surface area contributed by atoms with Gasteiger partial charge in [-0.2, -0.15) is 0 Å². The van der Waals surface area contributed by atoms with Crippen LogP contribution in [0.5, 0.6) is 0 Å². The van der Waals surface area contributed by atoms with Crippen LogP contribution in [0.1, 0.15) is 12.5 Å². The SMILES string of the molecule is CC(C(=O)NCc1ccc(F)cc1)S(=O)CCO.